The van der Waals surface area contributed by atoms with E-state index in [1.807, 2.05) is 25.1 Å². The van der Waals surface area contributed by atoms with Crippen molar-refractivity contribution in [2.24, 2.45) is 0 Å². The van der Waals surface area contributed by atoms with Gasteiger partial charge in [0.25, 0.3) is 0 Å². The number of hydrogen-bond donors (Lipinski definition) is 1. The van der Waals surface area contributed by atoms with E-state index in [0.29, 0.717) is 6.61 Å². The van der Waals surface area contributed by atoms with Gasteiger partial charge in [-0.3, -0.25) is 0 Å². The molecule has 0 radical (unpaired) electrons. The molecule has 0 aromatic heterocycles. The predicted molar refractivity (Wildman–Crippen MR) is 75.5 cm³/mol. The number of esters is 1. The summed E-state index contributed by atoms with van der Waals surface area (Å²) in [6, 6.07) is 5.88. The Bertz CT molecular complexity index is 445. The summed E-state index contributed by atoms with van der Waals surface area (Å²) in [6.07, 6.45) is 0. The van der Waals surface area contributed by atoms with Gasteiger partial charge < -0.3 is 14.8 Å². The molecule has 0 amide bonds. The Hall–Kier alpha value is -1.55. The van der Waals surface area contributed by atoms with Gasteiger partial charge in [0, 0.05) is 0 Å². The molecule has 1 aromatic carbocycles. The molecule has 1 aromatic rings. The Morgan fingerprint density at radius 3 is 2.53 bits per heavy atom. The number of ether oxygens (including phenoxy) is 2. The predicted octanol–water partition coefficient (Wildman–Crippen LogP) is 2.22. The highest BCUT2D eigenvalue weighted by Crippen LogP contribution is 2.18. The lowest BCUT2D eigenvalue weighted by molar-refractivity contribution is -0.151. The molecule has 0 bridgehead atoms. The highest BCUT2D eigenvalue weighted by molar-refractivity contribution is 5.80. The summed E-state index contributed by atoms with van der Waals surface area (Å²) in [7, 11) is 1.72. The van der Waals surface area contributed by atoms with Crippen molar-refractivity contribution in [2.75, 3.05) is 20.3 Å². The van der Waals surface area contributed by atoms with Crippen LogP contribution in [-0.4, -0.2) is 31.8 Å². The second-order valence-electron chi connectivity index (χ2n) is 4.84. The third kappa shape index (κ3) is 3.96. The van der Waals surface area contributed by atoms with E-state index in [2.05, 4.69) is 12.2 Å². The van der Waals surface area contributed by atoms with Crippen molar-refractivity contribution in [1.82, 2.24) is 5.32 Å². The number of nitrogens with one attached hydrogen (secondary N) is 1. The Labute approximate surface area is 115 Å². The molecule has 4 nitrogen and oxygen atoms in total. The molecule has 0 spiro atoms. The summed E-state index contributed by atoms with van der Waals surface area (Å²) >= 11 is 0. The molecule has 0 aliphatic heterocycles. The number of benzene rings is 1. The minimum atomic E-state index is -0.838. The van der Waals surface area contributed by atoms with Crippen LogP contribution in [0.4, 0.5) is 0 Å². The van der Waals surface area contributed by atoms with Crippen molar-refractivity contribution in [1.29, 1.82) is 0 Å². The van der Waals surface area contributed by atoms with Crippen LogP contribution in [0.25, 0.3) is 0 Å². The first kappa shape index (κ1) is 15.5. The van der Waals surface area contributed by atoms with Crippen molar-refractivity contribution < 1.29 is 14.3 Å². The van der Waals surface area contributed by atoms with Crippen LogP contribution in [0, 0.1) is 13.8 Å². The van der Waals surface area contributed by atoms with Crippen LogP contribution in [0.2, 0.25) is 0 Å². The molecule has 1 rings (SSSR count). The van der Waals surface area contributed by atoms with Crippen LogP contribution in [0.3, 0.4) is 0 Å². The van der Waals surface area contributed by atoms with Crippen molar-refractivity contribution in [3.05, 3.63) is 29.3 Å². The molecular formula is C15H23NO3. The Balaban J connectivity index is 2.71. The number of carbonyl (C=O) groups excluding carboxylic acids is 1. The fourth-order valence-electron chi connectivity index (χ4n) is 1.55. The monoisotopic (exact) mass is 265 g/mol. The van der Waals surface area contributed by atoms with Crippen LogP contribution >= 0.6 is 0 Å². The molecule has 19 heavy (non-hydrogen) atoms. The van der Waals surface area contributed by atoms with Crippen molar-refractivity contribution >= 4 is 5.97 Å². The lowest BCUT2D eigenvalue weighted by Gasteiger charge is -2.26. The first-order valence-electron chi connectivity index (χ1n) is 6.49. The molecule has 1 atom stereocenters. The molecule has 0 heterocycles. The molecule has 0 saturated carbocycles. The molecule has 1 N–H and O–H groups in total. The highest BCUT2D eigenvalue weighted by Gasteiger charge is 2.34. The van der Waals surface area contributed by atoms with E-state index >= 15 is 0 Å². The van der Waals surface area contributed by atoms with Crippen molar-refractivity contribution in [2.45, 2.75) is 33.2 Å². The molecule has 0 aliphatic rings. The molecule has 4 heteroatoms. The fraction of sp³-hybridized carbons (Fsp3) is 0.533. The largest absolute Gasteiger partial charge is 0.491 e. The number of hydrogen-bond acceptors (Lipinski definition) is 4. The molecule has 0 aliphatic carbocycles. The van der Waals surface area contributed by atoms with Crippen LogP contribution in [0.15, 0.2) is 18.2 Å². The van der Waals surface area contributed by atoms with E-state index < -0.39 is 5.54 Å². The van der Waals surface area contributed by atoms with Gasteiger partial charge in [-0.1, -0.05) is 6.07 Å². The van der Waals surface area contributed by atoms with Gasteiger partial charge in [0.05, 0.1) is 6.61 Å². The summed E-state index contributed by atoms with van der Waals surface area (Å²) in [5, 5.41) is 2.96. The van der Waals surface area contributed by atoms with Gasteiger partial charge in [-0.25, -0.2) is 4.79 Å². The van der Waals surface area contributed by atoms with Crippen LogP contribution in [0.1, 0.15) is 25.0 Å². The number of likely N-dealkylation sites (N-methyl/N-ethyl adjacent to an activating group) is 1. The van der Waals surface area contributed by atoms with E-state index in [9.17, 15) is 4.79 Å². The van der Waals surface area contributed by atoms with Crippen molar-refractivity contribution in [3.8, 4) is 5.75 Å². The van der Waals surface area contributed by atoms with E-state index in [1.54, 1.807) is 20.9 Å². The quantitative estimate of drug-likeness (QED) is 0.801. The topological polar surface area (TPSA) is 47.6 Å². The van der Waals surface area contributed by atoms with E-state index in [4.69, 9.17) is 9.47 Å². The standard InChI is InChI=1S/C15H23NO3/c1-6-18-14(17)15(4,16-5)10-19-13-8-7-11(2)12(3)9-13/h7-9,16H,6,10H2,1-5H3. The number of rotatable bonds is 6. The maximum Gasteiger partial charge on any atom is 0.329 e. The molecular weight excluding hydrogens is 242 g/mol. The second-order valence-corrected chi connectivity index (χ2v) is 4.84. The number of aryl methyl sites for hydroxylation is 2. The summed E-state index contributed by atoms with van der Waals surface area (Å²) < 4.78 is 10.7. The van der Waals surface area contributed by atoms with Gasteiger partial charge >= 0.3 is 5.97 Å². The minimum absolute atomic E-state index is 0.227. The smallest absolute Gasteiger partial charge is 0.329 e. The average molecular weight is 265 g/mol. The summed E-state index contributed by atoms with van der Waals surface area (Å²) in [5.41, 5.74) is 1.54. The fourth-order valence-corrected chi connectivity index (χ4v) is 1.55. The lowest BCUT2D eigenvalue weighted by Crippen LogP contribution is -2.53. The molecule has 106 valence electrons. The first-order valence-corrected chi connectivity index (χ1v) is 6.49. The zero-order chi connectivity index (χ0) is 14.5. The van der Waals surface area contributed by atoms with Gasteiger partial charge in [-0.2, -0.15) is 0 Å². The summed E-state index contributed by atoms with van der Waals surface area (Å²) in [5.74, 6) is 0.454. The average Bonchev–Trinajstić information content (AvgIpc) is 2.40. The molecule has 1 unspecified atom stereocenters. The second kappa shape index (κ2) is 6.57. The van der Waals surface area contributed by atoms with Gasteiger partial charge in [0.1, 0.15) is 17.9 Å². The van der Waals surface area contributed by atoms with Gasteiger partial charge in [0.2, 0.25) is 0 Å². The Morgan fingerprint density at radius 2 is 2.00 bits per heavy atom. The van der Waals surface area contributed by atoms with E-state index in [1.165, 1.54) is 11.1 Å². The third-order valence-electron chi connectivity index (χ3n) is 3.28. The maximum atomic E-state index is 11.9. The maximum absolute atomic E-state index is 11.9. The lowest BCUT2D eigenvalue weighted by atomic mass is 10.0. The van der Waals surface area contributed by atoms with Crippen LogP contribution < -0.4 is 10.1 Å². The van der Waals surface area contributed by atoms with Crippen LogP contribution in [0.5, 0.6) is 5.75 Å². The minimum Gasteiger partial charge on any atom is -0.491 e. The Kier molecular flexibility index (Phi) is 5.36. The first-order chi connectivity index (χ1) is 8.92. The zero-order valence-electron chi connectivity index (χ0n) is 12.4. The van der Waals surface area contributed by atoms with Gasteiger partial charge in [0.15, 0.2) is 0 Å². The van der Waals surface area contributed by atoms with Gasteiger partial charge in [-0.15, -0.1) is 0 Å². The van der Waals surface area contributed by atoms with E-state index in [-0.39, 0.29) is 12.6 Å². The Morgan fingerprint density at radius 1 is 1.32 bits per heavy atom. The SMILES string of the molecule is CCOC(=O)C(C)(COc1ccc(C)c(C)c1)NC. The zero-order valence-corrected chi connectivity index (χ0v) is 12.4. The summed E-state index contributed by atoms with van der Waals surface area (Å²) in [6.45, 7) is 8.23. The molecule has 0 fully saturated rings. The van der Waals surface area contributed by atoms with Crippen molar-refractivity contribution in [3.63, 3.8) is 0 Å². The highest BCUT2D eigenvalue weighted by atomic mass is 16.5. The summed E-state index contributed by atoms with van der Waals surface area (Å²) in [4.78, 5) is 11.9. The van der Waals surface area contributed by atoms with Gasteiger partial charge in [-0.05, 0) is 58.0 Å². The third-order valence-corrected chi connectivity index (χ3v) is 3.28. The number of carbonyl (C=O) groups is 1. The normalized spacial score (nSPS) is 13.7. The van der Waals surface area contributed by atoms with E-state index in [0.717, 1.165) is 5.75 Å². The van der Waals surface area contributed by atoms with Crippen LogP contribution in [-0.2, 0) is 9.53 Å². The molecule has 0 saturated heterocycles.